The number of ether oxygens (including phenoxy) is 1. The zero-order chi connectivity index (χ0) is 16.4. The predicted octanol–water partition coefficient (Wildman–Crippen LogP) is 3.86. The van der Waals surface area contributed by atoms with Crippen molar-refractivity contribution in [1.29, 1.82) is 0 Å². The van der Waals surface area contributed by atoms with Crippen molar-refractivity contribution < 1.29 is 9.53 Å². The molecule has 5 nitrogen and oxygen atoms in total. The molecule has 1 N–H and O–H groups in total. The Balaban J connectivity index is 2.94. The number of alkyl carbamates (subject to hydrolysis) is 1. The lowest BCUT2D eigenvalue weighted by atomic mass is 9.99. The molecule has 120 valence electrons. The largest absolute Gasteiger partial charge is 0.444 e. The van der Waals surface area contributed by atoms with E-state index in [1.807, 2.05) is 40.9 Å². The molecule has 0 radical (unpaired) electrons. The molecule has 0 aliphatic heterocycles. The maximum atomic E-state index is 12.0. The minimum atomic E-state index is -0.554. The molecule has 1 rings (SSSR count). The topological polar surface area (TPSA) is 56.2 Å². The second-order valence-corrected chi connectivity index (χ2v) is 7.42. The van der Waals surface area contributed by atoms with Crippen LogP contribution in [0.1, 0.15) is 67.1 Å². The number of hydrogen-bond donors (Lipinski definition) is 1. The van der Waals surface area contributed by atoms with E-state index in [-0.39, 0.29) is 0 Å². The lowest BCUT2D eigenvalue weighted by Crippen LogP contribution is -2.45. The van der Waals surface area contributed by atoms with Crippen LogP contribution in [0, 0.1) is 5.92 Å². The maximum absolute atomic E-state index is 12.0. The van der Waals surface area contributed by atoms with Crippen LogP contribution < -0.4 is 5.32 Å². The number of imidazole rings is 1. The third-order valence-electron chi connectivity index (χ3n) is 3.52. The van der Waals surface area contributed by atoms with Crippen molar-refractivity contribution in [2.75, 3.05) is 0 Å². The number of carbonyl (C=O) groups excluding carboxylic acids is 1. The van der Waals surface area contributed by atoms with E-state index >= 15 is 0 Å². The Hall–Kier alpha value is -1.52. The molecule has 1 aromatic rings. The van der Waals surface area contributed by atoms with Gasteiger partial charge in [-0.15, -0.1) is 0 Å². The van der Waals surface area contributed by atoms with E-state index in [9.17, 15) is 4.79 Å². The third kappa shape index (κ3) is 4.76. The fourth-order valence-corrected chi connectivity index (χ4v) is 2.06. The van der Waals surface area contributed by atoms with Crippen molar-refractivity contribution in [3.63, 3.8) is 0 Å². The fourth-order valence-electron chi connectivity index (χ4n) is 2.06. The number of carbonyl (C=O) groups is 1. The second kappa shape index (κ2) is 6.08. The SMILES string of the molecule is CC(C)C(C)n1cncc1C(C)(C)NC(=O)OC(C)(C)C. The van der Waals surface area contributed by atoms with E-state index in [2.05, 4.69) is 35.6 Å². The van der Waals surface area contributed by atoms with E-state index in [0.717, 1.165) is 5.69 Å². The van der Waals surface area contributed by atoms with Crippen molar-refractivity contribution in [2.24, 2.45) is 5.92 Å². The van der Waals surface area contributed by atoms with Crippen molar-refractivity contribution >= 4 is 6.09 Å². The van der Waals surface area contributed by atoms with Crippen molar-refractivity contribution in [3.8, 4) is 0 Å². The normalized spacial score (nSPS) is 14.1. The van der Waals surface area contributed by atoms with Gasteiger partial charge in [0.2, 0.25) is 0 Å². The first-order valence-corrected chi connectivity index (χ1v) is 7.47. The lowest BCUT2D eigenvalue weighted by Gasteiger charge is -2.31. The van der Waals surface area contributed by atoms with Gasteiger partial charge in [0.05, 0.1) is 23.8 Å². The van der Waals surface area contributed by atoms with Crippen LogP contribution in [0.25, 0.3) is 0 Å². The van der Waals surface area contributed by atoms with Crippen LogP contribution in [0.15, 0.2) is 12.5 Å². The van der Waals surface area contributed by atoms with Crippen molar-refractivity contribution in [1.82, 2.24) is 14.9 Å². The highest BCUT2D eigenvalue weighted by Crippen LogP contribution is 2.26. The highest BCUT2D eigenvalue weighted by atomic mass is 16.6. The van der Waals surface area contributed by atoms with Gasteiger partial charge < -0.3 is 14.6 Å². The van der Waals surface area contributed by atoms with Crippen molar-refractivity contribution in [3.05, 3.63) is 18.2 Å². The summed E-state index contributed by atoms with van der Waals surface area (Å²) in [6, 6.07) is 0.308. The van der Waals surface area contributed by atoms with E-state index in [0.29, 0.717) is 12.0 Å². The number of nitrogens with zero attached hydrogens (tertiary/aromatic N) is 2. The summed E-state index contributed by atoms with van der Waals surface area (Å²) >= 11 is 0. The monoisotopic (exact) mass is 295 g/mol. The van der Waals surface area contributed by atoms with Gasteiger partial charge in [0.1, 0.15) is 5.60 Å². The molecule has 0 spiro atoms. The average Bonchev–Trinajstić information content (AvgIpc) is 2.73. The summed E-state index contributed by atoms with van der Waals surface area (Å²) in [6.07, 6.45) is 3.20. The standard InChI is InChI=1S/C16H29N3O2/c1-11(2)12(3)19-10-17-9-13(19)16(7,8)18-14(20)21-15(4,5)6/h9-12H,1-8H3,(H,18,20). The Morgan fingerprint density at radius 2 is 1.81 bits per heavy atom. The highest BCUT2D eigenvalue weighted by molar-refractivity contribution is 5.68. The summed E-state index contributed by atoms with van der Waals surface area (Å²) in [5, 5.41) is 2.93. The second-order valence-electron chi connectivity index (χ2n) is 7.42. The van der Waals surface area contributed by atoms with Gasteiger partial charge in [-0.1, -0.05) is 13.8 Å². The third-order valence-corrected chi connectivity index (χ3v) is 3.52. The molecule has 1 heterocycles. The summed E-state index contributed by atoms with van der Waals surface area (Å²) in [7, 11) is 0. The van der Waals surface area contributed by atoms with Crippen LogP contribution >= 0.6 is 0 Å². The Labute approximate surface area is 128 Å². The summed E-state index contributed by atoms with van der Waals surface area (Å²) in [5.74, 6) is 0.482. The Morgan fingerprint density at radius 1 is 1.24 bits per heavy atom. The zero-order valence-corrected chi connectivity index (χ0v) is 14.5. The summed E-state index contributed by atoms with van der Waals surface area (Å²) in [6.45, 7) is 16.0. The van der Waals surface area contributed by atoms with E-state index in [1.165, 1.54) is 0 Å². The Kier molecular flexibility index (Phi) is 5.07. The summed E-state index contributed by atoms with van der Waals surface area (Å²) in [4.78, 5) is 16.3. The summed E-state index contributed by atoms with van der Waals surface area (Å²) < 4.78 is 7.45. The molecule has 21 heavy (non-hydrogen) atoms. The predicted molar refractivity (Wildman–Crippen MR) is 84.2 cm³/mol. The molecular formula is C16H29N3O2. The van der Waals surface area contributed by atoms with Gasteiger partial charge in [0.25, 0.3) is 0 Å². The van der Waals surface area contributed by atoms with E-state index in [1.54, 1.807) is 6.20 Å². The minimum Gasteiger partial charge on any atom is -0.444 e. The smallest absolute Gasteiger partial charge is 0.408 e. The van der Waals surface area contributed by atoms with Crippen LogP contribution in [0.4, 0.5) is 4.79 Å². The van der Waals surface area contributed by atoms with Gasteiger partial charge in [-0.2, -0.15) is 0 Å². The Bertz CT molecular complexity index is 484. The molecule has 0 saturated heterocycles. The fraction of sp³-hybridized carbons (Fsp3) is 0.750. The van der Waals surface area contributed by atoms with Crippen LogP contribution in [0.5, 0.6) is 0 Å². The highest BCUT2D eigenvalue weighted by Gasteiger charge is 2.30. The van der Waals surface area contributed by atoms with E-state index < -0.39 is 17.2 Å². The van der Waals surface area contributed by atoms with Crippen LogP contribution in [0.2, 0.25) is 0 Å². The van der Waals surface area contributed by atoms with Crippen LogP contribution in [-0.2, 0) is 10.3 Å². The van der Waals surface area contributed by atoms with Gasteiger partial charge in [0, 0.05) is 6.04 Å². The molecule has 1 atom stereocenters. The first-order valence-electron chi connectivity index (χ1n) is 7.47. The molecular weight excluding hydrogens is 266 g/mol. The van der Waals surface area contributed by atoms with E-state index in [4.69, 9.17) is 4.74 Å². The number of aromatic nitrogens is 2. The molecule has 0 bridgehead atoms. The van der Waals surface area contributed by atoms with Gasteiger partial charge in [-0.05, 0) is 47.5 Å². The molecule has 0 fully saturated rings. The lowest BCUT2D eigenvalue weighted by molar-refractivity contribution is 0.0465. The van der Waals surface area contributed by atoms with Gasteiger partial charge in [0.15, 0.2) is 0 Å². The van der Waals surface area contributed by atoms with Gasteiger partial charge in [-0.3, -0.25) is 0 Å². The quantitative estimate of drug-likeness (QED) is 0.917. The molecule has 1 aromatic heterocycles. The van der Waals surface area contributed by atoms with Crippen LogP contribution in [-0.4, -0.2) is 21.2 Å². The van der Waals surface area contributed by atoms with Crippen molar-refractivity contribution in [2.45, 2.75) is 72.6 Å². The number of hydrogen-bond acceptors (Lipinski definition) is 3. The maximum Gasteiger partial charge on any atom is 0.408 e. The number of amides is 1. The van der Waals surface area contributed by atoms with Gasteiger partial charge in [-0.25, -0.2) is 9.78 Å². The number of nitrogens with one attached hydrogen (secondary N) is 1. The van der Waals surface area contributed by atoms with Crippen LogP contribution in [0.3, 0.4) is 0 Å². The number of rotatable bonds is 4. The molecule has 0 saturated carbocycles. The molecule has 0 aliphatic rings. The molecule has 0 aliphatic carbocycles. The first-order chi connectivity index (χ1) is 9.44. The summed E-state index contributed by atoms with van der Waals surface area (Å²) in [5.41, 5.74) is -0.0947. The average molecular weight is 295 g/mol. The molecule has 5 heteroatoms. The molecule has 1 amide bonds. The zero-order valence-electron chi connectivity index (χ0n) is 14.5. The van der Waals surface area contributed by atoms with Gasteiger partial charge >= 0.3 is 6.09 Å². The first kappa shape index (κ1) is 17.5. The molecule has 1 unspecified atom stereocenters. The molecule has 0 aromatic carbocycles. The Morgan fingerprint density at radius 3 is 2.29 bits per heavy atom. The minimum absolute atomic E-state index is 0.308.